The lowest BCUT2D eigenvalue weighted by Crippen LogP contribution is -2.71. The summed E-state index contributed by atoms with van der Waals surface area (Å²) in [5, 5.41) is 18.4. The van der Waals surface area contributed by atoms with Gasteiger partial charge in [0.15, 0.2) is 5.66 Å². The number of benzene rings is 19. The smallest absolute Gasteiger partial charge is 0.191 e. The van der Waals surface area contributed by atoms with Crippen molar-refractivity contribution >= 4 is 164 Å². The van der Waals surface area contributed by atoms with Gasteiger partial charge in [0.05, 0.1) is 68.1 Å². The summed E-state index contributed by atoms with van der Waals surface area (Å²) in [6.07, 6.45) is 3.50. The number of aromatic nitrogens is 7. The lowest BCUT2D eigenvalue weighted by molar-refractivity contribution is 0.00295. The Kier molecular flexibility index (Phi) is 17.3. The Morgan fingerprint density at radius 2 is 0.423 bits per heavy atom. The molecule has 1 saturated heterocycles. The molecule has 8 nitrogen and oxygen atoms in total. The lowest BCUT2D eigenvalue weighted by Gasteiger charge is -2.58. The molecule has 1 unspecified atom stereocenters. The first-order valence-corrected chi connectivity index (χ1v) is 45.7. The zero-order valence-corrected chi connectivity index (χ0v) is 71.9. The van der Waals surface area contributed by atoms with Crippen molar-refractivity contribution in [3.05, 3.63) is 461 Å². The van der Waals surface area contributed by atoms with E-state index in [2.05, 4.69) is 500 Å². The minimum Gasteiger partial charge on any atom is -0.337 e. The molecule has 1 atom stereocenters. The molecule has 130 heavy (non-hydrogen) atoms. The van der Waals surface area contributed by atoms with Crippen molar-refractivity contribution < 1.29 is 0 Å². The van der Waals surface area contributed by atoms with Crippen molar-refractivity contribution in [1.82, 2.24) is 36.5 Å². The molecule has 0 N–H and O–H groups in total. The van der Waals surface area contributed by atoms with E-state index < -0.39 is 0 Å². The third-order valence-corrected chi connectivity index (χ3v) is 29.0. The molecule has 19 aromatic carbocycles. The van der Waals surface area contributed by atoms with Gasteiger partial charge in [-0.3, -0.25) is 4.57 Å². The number of hydrogen-bond acceptors (Lipinski definition) is 0. The summed E-state index contributed by atoms with van der Waals surface area (Å²) in [5.74, 6) is 0. The molecule has 0 amide bonds. The number of rotatable bonds is 8. The van der Waals surface area contributed by atoms with E-state index in [-0.39, 0.29) is 5.66 Å². The first kappa shape index (κ1) is 75.1. The van der Waals surface area contributed by atoms with E-state index >= 15 is 0 Å². The average molecular weight is 1670 g/mol. The number of fused-ring (bicyclic) bond motifs is 26. The van der Waals surface area contributed by atoms with Crippen molar-refractivity contribution in [2.45, 2.75) is 43.9 Å². The molecule has 29 rings (SSSR count). The maximum absolute atomic E-state index is 2.64. The summed E-state index contributed by atoms with van der Waals surface area (Å²) in [5.41, 5.74) is 30.7. The van der Waals surface area contributed by atoms with E-state index in [1.165, 1.54) is 222 Å². The van der Waals surface area contributed by atoms with Gasteiger partial charge in [-0.15, -0.1) is 0 Å². The van der Waals surface area contributed by atoms with E-state index in [1.54, 1.807) is 0 Å². The van der Waals surface area contributed by atoms with E-state index in [9.17, 15) is 0 Å². The molecule has 26 aromatic rings. The molecule has 616 valence electrons. The number of hydrogen-bond donors (Lipinski definition) is 0. The van der Waals surface area contributed by atoms with Gasteiger partial charge in [0, 0.05) is 162 Å². The molecular formula is C122H89N8+. The van der Waals surface area contributed by atoms with Crippen LogP contribution < -0.4 is 4.48 Å². The number of para-hydroxylation sites is 16. The molecule has 2 aliphatic heterocycles. The Hall–Kier alpha value is -16.3. The highest BCUT2D eigenvalue weighted by Crippen LogP contribution is 2.64. The lowest BCUT2D eigenvalue weighted by atomic mass is 9.85. The Labute approximate surface area is 751 Å². The van der Waals surface area contributed by atoms with Crippen molar-refractivity contribution in [2.75, 3.05) is 6.54 Å². The quantitative estimate of drug-likeness (QED) is 0.136. The highest BCUT2D eigenvalue weighted by atomic mass is 15.6. The van der Waals surface area contributed by atoms with Crippen LogP contribution in [-0.4, -0.2) is 38.5 Å². The fourth-order valence-electron chi connectivity index (χ4n) is 23.2. The van der Waals surface area contributed by atoms with Gasteiger partial charge in [-0.05, 0) is 163 Å². The van der Waals surface area contributed by atoms with Crippen LogP contribution in [-0.2, 0) is 5.66 Å². The normalized spacial score (nSPS) is 15.5. The summed E-state index contributed by atoms with van der Waals surface area (Å²) < 4.78 is 18.2. The summed E-state index contributed by atoms with van der Waals surface area (Å²) in [6, 6.07) is 168. The largest absolute Gasteiger partial charge is 0.337 e. The maximum Gasteiger partial charge on any atom is 0.191 e. The van der Waals surface area contributed by atoms with Gasteiger partial charge in [0.2, 0.25) is 0 Å². The zero-order valence-electron chi connectivity index (χ0n) is 71.9. The maximum atomic E-state index is 2.64. The average Bonchev–Trinajstić information content (AvgIpc) is 1.48. The molecule has 1 spiro atoms. The predicted molar refractivity (Wildman–Crippen MR) is 548 cm³/mol. The molecule has 1 aliphatic carbocycles. The van der Waals surface area contributed by atoms with Crippen LogP contribution in [0.15, 0.2) is 461 Å². The Morgan fingerprint density at radius 3 is 0.685 bits per heavy atom. The molecule has 0 radical (unpaired) electrons. The van der Waals surface area contributed by atoms with E-state index in [4.69, 9.17) is 0 Å². The van der Waals surface area contributed by atoms with Crippen molar-refractivity contribution in [3.63, 3.8) is 0 Å². The first-order chi connectivity index (χ1) is 64.4. The fraction of sp³-hybridized carbons (Fsp3) is 0.0656. The van der Waals surface area contributed by atoms with Crippen LogP contribution in [0.5, 0.6) is 0 Å². The molecule has 8 heteroatoms. The highest BCUT2D eigenvalue weighted by Gasteiger charge is 2.65. The first-order valence-electron chi connectivity index (χ1n) is 45.7. The van der Waals surface area contributed by atoms with Crippen LogP contribution in [0.4, 0.5) is 11.4 Å². The van der Waals surface area contributed by atoms with E-state index in [0.29, 0.717) is 12.1 Å². The Bertz CT molecular complexity index is 8180. The van der Waals surface area contributed by atoms with Gasteiger partial charge in [-0.25, -0.2) is 4.48 Å². The summed E-state index contributed by atoms with van der Waals surface area (Å²) in [6.45, 7) is 3.60. The van der Waals surface area contributed by atoms with Gasteiger partial charge in [0.25, 0.3) is 0 Å². The molecule has 2 fully saturated rings. The van der Waals surface area contributed by atoms with Gasteiger partial charge in [-0.2, -0.15) is 0 Å². The second-order valence-corrected chi connectivity index (χ2v) is 35.6. The molecular weight excluding hydrogens is 1580 g/mol. The minimum absolute atomic E-state index is 0.0780. The SMILES string of the molecule is CC1(n2c3ccccc3c3ccccc32)CC[N+]12c1ccccc1-c1ccccc12.c1cc(-n2c3ccccc3c3ccccc32)cc(-n2c3ccccc3c3ccccc32)c1.c1ccc2c(c1)c1ccccc1n2-c1ccc(-c2ccc(-n3c4ccccc4c4ccccc43)cc2)cc1.c1ccc2c(c1)c1ccccc1n2C1CC(n2c3ccccc3c3ccccc32)C1. The summed E-state index contributed by atoms with van der Waals surface area (Å²) >= 11 is 0. The van der Waals surface area contributed by atoms with E-state index in [1.807, 2.05) is 0 Å². The van der Waals surface area contributed by atoms with Crippen molar-refractivity contribution in [1.29, 1.82) is 0 Å². The van der Waals surface area contributed by atoms with Crippen molar-refractivity contribution in [2.24, 2.45) is 0 Å². The van der Waals surface area contributed by atoms with Crippen LogP contribution in [0.3, 0.4) is 0 Å². The summed E-state index contributed by atoms with van der Waals surface area (Å²) in [4.78, 5) is 0. The standard InChI is InChI=1S/C36H24N2.C30H20N2.C28H23N2.C28H22N2/c1-5-13-33-29(9-1)30-10-2-6-14-34(30)37(33)27-21-17-25(18-22-27)26-19-23-28(24-20-26)38-35-15-7-3-11-31(35)32-12-4-8-16-36(32)38;1-5-16-27-23(12-1)24-13-2-6-17-28(24)31(27)21-10-9-11-22(20-21)32-29-18-7-3-14-25(29)26-15-4-8-19-30(26)32;1-28(29-24-14-6-2-10-20(24)21-11-3-7-15-25(21)29)18-19-30(28)26-16-8-4-12-22(26)23-13-5-9-17-27(23)30;1-5-13-25-21(9-1)22-10-2-6-14-26(22)29(25)19-17-20(18-19)30-27-15-7-3-11-23(27)24-12-4-8-16-28(24)30/h1-24H;1-20H;2-17H,18-19H2,1H3;1-16,19-20H,17-18H2/q;;+1;. The minimum atomic E-state index is -0.0780. The highest BCUT2D eigenvalue weighted by molar-refractivity contribution is 6.15. The van der Waals surface area contributed by atoms with Gasteiger partial charge in [0.1, 0.15) is 11.4 Å². The van der Waals surface area contributed by atoms with Crippen LogP contribution in [0, 0.1) is 0 Å². The second kappa shape index (κ2) is 30.0. The molecule has 9 heterocycles. The summed E-state index contributed by atoms with van der Waals surface area (Å²) in [7, 11) is 0. The van der Waals surface area contributed by atoms with Crippen LogP contribution >= 0.6 is 0 Å². The third kappa shape index (κ3) is 11.3. The zero-order chi connectivity index (χ0) is 85.7. The monoisotopic (exact) mass is 1670 g/mol. The predicted octanol–water partition coefficient (Wildman–Crippen LogP) is 32.1. The second-order valence-electron chi connectivity index (χ2n) is 35.6. The number of quaternary nitrogens is 1. The van der Waals surface area contributed by atoms with Crippen LogP contribution in [0.2, 0.25) is 0 Å². The van der Waals surface area contributed by atoms with E-state index in [0.717, 1.165) is 17.4 Å². The van der Waals surface area contributed by atoms with Gasteiger partial charge < -0.3 is 27.4 Å². The Balaban J connectivity index is 0.0000000917. The Morgan fingerprint density at radius 1 is 0.208 bits per heavy atom. The molecule has 7 aromatic heterocycles. The topological polar surface area (TPSA) is 34.5 Å². The van der Waals surface area contributed by atoms with Crippen molar-refractivity contribution in [3.8, 4) is 45.0 Å². The third-order valence-electron chi connectivity index (χ3n) is 29.0. The van der Waals surface area contributed by atoms with Gasteiger partial charge >= 0.3 is 0 Å². The molecule has 1 saturated carbocycles. The van der Waals surface area contributed by atoms with Crippen LogP contribution in [0.25, 0.3) is 198 Å². The molecule has 0 bridgehead atoms. The van der Waals surface area contributed by atoms with Crippen LogP contribution in [0.1, 0.15) is 38.3 Å². The molecule has 3 aliphatic rings. The van der Waals surface area contributed by atoms with Gasteiger partial charge in [-0.1, -0.05) is 309 Å². The fourth-order valence-corrected chi connectivity index (χ4v) is 23.2. The number of nitrogens with zero attached hydrogens (tertiary/aromatic N) is 8.